The van der Waals surface area contributed by atoms with E-state index in [1.165, 1.54) is 0 Å². The predicted molar refractivity (Wildman–Crippen MR) is 64.3 cm³/mol. The summed E-state index contributed by atoms with van der Waals surface area (Å²) in [5.74, 6) is -0.571. The van der Waals surface area contributed by atoms with Crippen molar-refractivity contribution in [2.45, 2.75) is 38.9 Å². The van der Waals surface area contributed by atoms with Gasteiger partial charge in [-0.05, 0) is 19.4 Å². The van der Waals surface area contributed by atoms with Crippen LogP contribution in [-0.4, -0.2) is 16.7 Å². The van der Waals surface area contributed by atoms with E-state index >= 15 is 0 Å². The van der Waals surface area contributed by atoms with Gasteiger partial charge in [-0.25, -0.2) is 4.79 Å². The van der Waals surface area contributed by atoms with Crippen LogP contribution >= 0.6 is 0 Å². The van der Waals surface area contributed by atoms with Gasteiger partial charge in [-0.3, -0.25) is 0 Å². The van der Waals surface area contributed by atoms with Crippen molar-refractivity contribution in [3.05, 3.63) is 35.9 Å². The van der Waals surface area contributed by atoms with Gasteiger partial charge in [-0.1, -0.05) is 44.2 Å². The lowest BCUT2D eigenvalue weighted by Crippen LogP contribution is -2.49. The minimum absolute atomic E-state index is 0.571. The molecule has 3 nitrogen and oxygen atoms in total. The standard InChI is InChI=1S/C14H18O3/c1-12(2)13(3,4)17-11(15)14(12,16)10-8-6-5-7-9-10/h5-9,16H,1-4H3/t14-/m1/s1. The first-order chi connectivity index (χ1) is 7.73. The van der Waals surface area contributed by atoms with Crippen LogP contribution in [0.3, 0.4) is 0 Å². The molecule has 1 saturated heterocycles. The Labute approximate surface area is 101 Å². The van der Waals surface area contributed by atoms with Gasteiger partial charge in [0, 0.05) is 5.41 Å². The van der Waals surface area contributed by atoms with E-state index in [9.17, 15) is 9.90 Å². The fourth-order valence-corrected chi connectivity index (χ4v) is 2.28. The topological polar surface area (TPSA) is 46.5 Å². The third-order valence-electron chi connectivity index (χ3n) is 4.24. The molecule has 1 aromatic carbocycles. The van der Waals surface area contributed by atoms with E-state index in [1.807, 2.05) is 45.9 Å². The van der Waals surface area contributed by atoms with E-state index in [0.29, 0.717) is 5.56 Å². The average Bonchev–Trinajstić information content (AvgIpc) is 2.38. The number of ether oxygens (including phenoxy) is 1. The van der Waals surface area contributed by atoms with Crippen LogP contribution in [0.15, 0.2) is 30.3 Å². The molecule has 1 atom stereocenters. The smallest absolute Gasteiger partial charge is 0.344 e. The van der Waals surface area contributed by atoms with Crippen molar-refractivity contribution in [3.63, 3.8) is 0 Å². The van der Waals surface area contributed by atoms with Gasteiger partial charge in [0.2, 0.25) is 0 Å². The van der Waals surface area contributed by atoms with E-state index in [4.69, 9.17) is 4.74 Å². The molecule has 0 radical (unpaired) electrons. The van der Waals surface area contributed by atoms with E-state index in [0.717, 1.165) is 0 Å². The zero-order valence-corrected chi connectivity index (χ0v) is 10.7. The summed E-state index contributed by atoms with van der Waals surface area (Å²) in [5, 5.41) is 10.8. The Morgan fingerprint density at radius 1 is 1.06 bits per heavy atom. The maximum atomic E-state index is 12.1. The van der Waals surface area contributed by atoms with Gasteiger partial charge in [-0.15, -0.1) is 0 Å². The van der Waals surface area contributed by atoms with Crippen molar-refractivity contribution in [2.75, 3.05) is 0 Å². The first-order valence-electron chi connectivity index (χ1n) is 5.75. The quantitative estimate of drug-likeness (QED) is 0.758. The summed E-state index contributed by atoms with van der Waals surface area (Å²) in [6, 6.07) is 8.98. The zero-order chi connectivity index (χ0) is 12.9. The normalized spacial score (nSPS) is 30.1. The molecule has 1 fully saturated rings. The predicted octanol–water partition coefficient (Wildman–Crippen LogP) is 2.24. The van der Waals surface area contributed by atoms with Crippen molar-refractivity contribution in [3.8, 4) is 0 Å². The maximum absolute atomic E-state index is 12.1. The molecule has 0 unspecified atom stereocenters. The van der Waals surface area contributed by atoms with Crippen LogP contribution in [0.1, 0.15) is 33.3 Å². The van der Waals surface area contributed by atoms with E-state index in [-0.39, 0.29) is 0 Å². The Bertz CT molecular complexity index is 448. The number of esters is 1. The number of carbonyl (C=O) groups is 1. The van der Waals surface area contributed by atoms with Crippen LogP contribution in [0, 0.1) is 5.41 Å². The first kappa shape index (κ1) is 12.1. The lowest BCUT2D eigenvalue weighted by atomic mass is 9.65. The fraction of sp³-hybridized carbons (Fsp3) is 0.500. The highest BCUT2D eigenvalue weighted by Gasteiger charge is 2.66. The molecule has 3 heteroatoms. The van der Waals surface area contributed by atoms with E-state index < -0.39 is 22.6 Å². The minimum Gasteiger partial charge on any atom is -0.457 e. The monoisotopic (exact) mass is 234 g/mol. The molecule has 0 saturated carbocycles. The molecule has 1 aliphatic rings. The molecule has 1 aliphatic heterocycles. The molecule has 0 amide bonds. The molecule has 1 heterocycles. The summed E-state index contributed by atoms with van der Waals surface area (Å²) < 4.78 is 5.35. The van der Waals surface area contributed by atoms with Crippen molar-refractivity contribution in [1.29, 1.82) is 0 Å². The zero-order valence-electron chi connectivity index (χ0n) is 10.7. The highest BCUT2D eigenvalue weighted by Crippen LogP contribution is 2.54. The van der Waals surface area contributed by atoms with Crippen LogP contribution in [-0.2, 0) is 15.1 Å². The molecule has 1 aromatic rings. The number of cyclic esters (lactones) is 1. The SMILES string of the molecule is CC1(C)OC(=O)[C@](O)(c2ccccc2)C1(C)C. The van der Waals surface area contributed by atoms with E-state index in [1.54, 1.807) is 12.1 Å². The molecule has 0 aliphatic carbocycles. The Balaban J connectivity index is 2.62. The molecule has 0 aromatic heterocycles. The molecular formula is C14H18O3. The van der Waals surface area contributed by atoms with Crippen molar-refractivity contribution < 1.29 is 14.6 Å². The summed E-state index contributed by atoms with van der Waals surface area (Å²) in [4.78, 5) is 12.1. The van der Waals surface area contributed by atoms with Gasteiger partial charge >= 0.3 is 5.97 Å². The number of rotatable bonds is 1. The van der Waals surface area contributed by atoms with Gasteiger partial charge in [0.15, 0.2) is 5.60 Å². The van der Waals surface area contributed by atoms with Crippen molar-refractivity contribution in [1.82, 2.24) is 0 Å². The van der Waals surface area contributed by atoms with E-state index in [2.05, 4.69) is 0 Å². The van der Waals surface area contributed by atoms with Gasteiger partial charge in [-0.2, -0.15) is 0 Å². The molecule has 0 bridgehead atoms. The van der Waals surface area contributed by atoms with Crippen LogP contribution in [0.5, 0.6) is 0 Å². The van der Waals surface area contributed by atoms with Gasteiger partial charge < -0.3 is 9.84 Å². The summed E-state index contributed by atoms with van der Waals surface area (Å²) in [7, 11) is 0. The van der Waals surface area contributed by atoms with Gasteiger partial charge in [0.05, 0.1) is 0 Å². The Morgan fingerprint density at radius 3 is 2.00 bits per heavy atom. The van der Waals surface area contributed by atoms with Gasteiger partial charge in [0.25, 0.3) is 0 Å². The van der Waals surface area contributed by atoms with Gasteiger partial charge in [0.1, 0.15) is 5.60 Å². The van der Waals surface area contributed by atoms with Crippen molar-refractivity contribution in [2.24, 2.45) is 5.41 Å². The lowest BCUT2D eigenvalue weighted by molar-refractivity contribution is -0.159. The maximum Gasteiger partial charge on any atom is 0.344 e. The lowest BCUT2D eigenvalue weighted by Gasteiger charge is -2.39. The summed E-state index contributed by atoms with van der Waals surface area (Å²) in [6.45, 7) is 7.35. The Morgan fingerprint density at radius 2 is 1.59 bits per heavy atom. The molecular weight excluding hydrogens is 216 g/mol. The largest absolute Gasteiger partial charge is 0.457 e. The van der Waals surface area contributed by atoms with Crippen LogP contribution in [0.2, 0.25) is 0 Å². The molecule has 2 rings (SSSR count). The Hall–Kier alpha value is -1.35. The minimum atomic E-state index is -1.59. The molecule has 1 N–H and O–H groups in total. The number of hydrogen-bond donors (Lipinski definition) is 1. The van der Waals surface area contributed by atoms with Crippen molar-refractivity contribution >= 4 is 5.97 Å². The second-order valence-electron chi connectivity index (χ2n) is 5.60. The molecule has 17 heavy (non-hydrogen) atoms. The summed E-state index contributed by atoms with van der Waals surface area (Å²) >= 11 is 0. The third-order valence-corrected chi connectivity index (χ3v) is 4.24. The first-order valence-corrected chi connectivity index (χ1v) is 5.75. The molecule has 92 valence electrons. The number of benzene rings is 1. The van der Waals surface area contributed by atoms with Crippen LogP contribution in [0.4, 0.5) is 0 Å². The number of hydrogen-bond acceptors (Lipinski definition) is 3. The second kappa shape index (κ2) is 3.33. The average molecular weight is 234 g/mol. The highest BCUT2D eigenvalue weighted by molar-refractivity contribution is 5.85. The Kier molecular flexibility index (Phi) is 2.37. The third kappa shape index (κ3) is 1.35. The second-order valence-corrected chi connectivity index (χ2v) is 5.60. The van der Waals surface area contributed by atoms with Crippen LogP contribution < -0.4 is 0 Å². The molecule has 0 spiro atoms. The number of carbonyl (C=O) groups excluding carboxylic acids is 1. The number of aliphatic hydroxyl groups is 1. The summed E-state index contributed by atoms with van der Waals surface area (Å²) in [5.41, 5.74) is -2.40. The van der Waals surface area contributed by atoms with Crippen LogP contribution in [0.25, 0.3) is 0 Å². The highest BCUT2D eigenvalue weighted by atomic mass is 16.6. The fourth-order valence-electron chi connectivity index (χ4n) is 2.28. The summed E-state index contributed by atoms with van der Waals surface area (Å²) in [6.07, 6.45) is 0.